The van der Waals surface area contributed by atoms with Crippen molar-refractivity contribution >= 4 is 33.3 Å². The molecule has 5 nitrogen and oxygen atoms in total. The van der Waals surface area contributed by atoms with Gasteiger partial charge in [0.05, 0.1) is 11.4 Å². The molecule has 0 saturated carbocycles. The Kier molecular flexibility index (Phi) is 4.75. The zero-order valence-corrected chi connectivity index (χ0v) is 14.9. The molecule has 26 heavy (non-hydrogen) atoms. The number of aromatic nitrogens is 3. The molecule has 4 aromatic rings. The maximum absolute atomic E-state index is 12.1. The number of para-hydroxylation sites is 1. The predicted molar refractivity (Wildman–Crippen MR) is 105 cm³/mol. The van der Waals surface area contributed by atoms with Crippen LogP contribution in [0.5, 0.6) is 0 Å². The fourth-order valence-corrected chi connectivity index (χ4v) is 3.63. The lowest BCUT2D eigenvalue weighted by molar-refractivity contribution is -0.116. The first-order chi connectivity index (χ1) is 12.8. The Morgan fingerprint density at radius 1 is 1.08 bits per heavy atom. The second kappa shape index (κ2) is 7.49. The van der Waals surface area contributed by atoms with E-state index in [-0.39, 0.29) is 5.91 Å². The number of amides is 1. The lowest BCUT2D eigenvalue weighted by Crippen LogP contribution is -2.11. The average molecular weight is 362 g/mol. The van der Waals surface area contributed by atoms with Crippen LogP contribution in [-0.4, -0.2) is 20.9 Å². The van der Waals surface area contributed by atoms with Gasteiger partial charge in [0.25, 0.3) is 0 Å². The van der Waals surface area contributed by atoms with Gasteiger partial charge >= 0.3 is 0 Å². The number of pyridine rings is 1. The lowest BCUT2D eigenvalue weighted by atomic mass is 10.0. The molecule has 0 radical (unpaired) electrons. The minimum Gasteiger partial charge on any atom is -0.353 e. The van der Waals surface area contributed by atoms with Crippen molar-refractivity contribution in [2.45, 2.75) is 19.3 Å². The summed E-state index contributed by atoms with van der Waals surface area (Å²) in [7, 11) is 0. The first kappa shape index (κ1) is 16.5. The van der Waals surface area contributed by atoms with E-state index in [1.54, 1.807) is 12.4 Å². The van der Waals surface area contributed by atoms with Crippen LogP contribution in [0.4, 0.5) is 5.13 Å². The highest BCUT2D eigenvalue weighted by Gasteiger charge is 2.14. The van der Waals surface area contributed by atoms with Crippen LogP contribution < -0.4 is 5.32 Å². The van der Waals surface area contributed by atoms with Crippen LogP contribution >= 0.6 is 11.3 Å². The summed E-state index contributed by atoms with van der Waals surface area (Å²) < 4.78 is 0. The molecule has 0 atom stereocenters. The third kappa shape index (κ3) is 3.50. The number of carbonyl (C=O) groups excluding carboxylic acids is 1. The van der Waals surface area contributed by atoms with Crippen molar-refractivity contribution in [3.05, 3.63) is 65.8 Å². The summed E-state index contributed by atoms with van der Waals surface area (Å²) in [5.41, 5.74) is 4.26. The normalized spacial score (nSPS) is 10.9. The van der Waals surface area contributed by atoms with Gasteiger partial charge < -0.3 is 10.3 Å². The number of carbonyl (C=O) groups is 1. The minimum absolute atomic E-state index is 0.000762. The summed E-state index contributed by atoms with van der Waals surface area (Å²) in [5, 5.41) is 6.52. The van der Waals surface area contributed by atoms with Gasteiger partial charge in [0.15, 0.2) is 5.13 Å². The van der Waals surface area contributed by atoms with Gasteiger partial charge in [-0.25, -0.2) is 4.98 Å². The molecule has 2 N–H and O–H groups in total. The van der Waals surface area contributed by atoms with Crippen molar-refractivity contribution in [3.8, 4) is 11.4 Å². The molecule has 6 heteroatoms. The Morgan fingerprint density at radius 2 is 1.96 bits per heavy atom. The van der Waals surface area contributed by atoms with Gasteiger partial charge in [-0.3, -0.25) is 9.78 Å². The number of H-pyrrole nitrogens is 1. The molecule has 0 bridgehead atoms. The van der Waals surface area contributed by atoms with Crippen molar-refractivity contribution in [1.29, 1.82) is 0 Å². The van der Waals surface area contributed by atoms with Gasteiger partial charge in [0, 0.05) is 35.1 Å². The number of fused-ring (bicyclic) bond motifs is 1. The molecule has 0 aliphatic heterocycles. The molecule has 0 fully saturated rings. The van der Waals surface area contributed by atoms with Crippen molar-refractivity contribution in [1.82, 2.24) is 15.0 Å². The van der Waals surface area contributed by atoms with Crippen LogP contribution in [0.25, 0.3) is 22.3 Å². The van der Waals surface area contributed by atoms with Crippen molar-refractivity contribution in [2.75, 3.05) is 5.32 Å². The quantitative estimate of drug-likeness (QED) is 0.524. The summed E-state index contributed by atoms with van der Waals surface area (Å²) >= 11 is 1.43. The van der Waals surface area contributed by atoms with Crippen LogP contribution in [0.15, 0.2) is 60.2 Å². The van der Waals surface area contributed by atoms with E-state index in [1.165, 1.54) is 22.3 Å². The molecule has 4 rings (SSSR count). The monoisotopic (exact) mass is 362 g/mol. The third-order valence-corrected chi connectivity index (χ3v) is 4.93. The minimum atomic E-state index is -0.000762. The molecule has 3 heterocycles. The number of aryl methyl sites for hydroxylation is 1. The lowest BCUT2D eigenvalue weighted by Gasteiger charge is -2.05. The number of nitrogens with one attached hydrogen (secondary N) is 2. The summed E-state index contributed by atoms with van der Waals surface area (Å²) in [4.78, 5) is 24.1. The van der Waals surface area contributed by atoms with Crippen molar-refractivity contribution in [3.63, 3.8) is 0 Å². The van der Waals surface area contributed by atoms with Gasteiger partial charge in [-0.15, -0.1) is 11.3 Å². The van der Waals surface area contributed by atoms with Gasteiger partial charge in [0.2, 0.25) is 5.91 Å². The first-order valence-electron chi connectivity index (χ1n) is 8.51. The Morgan fingerprint density at radius 3 is 2.77 bits per heavy atom. The fourth-order valence-electron chi connectivity index (χ4n) is 3.08. The summed E-state index contributed by atoms with van der Waals surface area (Å²) in [5.74, 6) is -0.000762. The number of hydrogen-bond acceptors (Lipinski definition) is 4. The van der Waals surface area contributed by atoms with Crippen LogP contribution in [0.2, 0.25) is 0 Å². The van der Waals surface area contributed by atoms with Gasteiger partial charge in [-0.2, -0.15) is 0 Å². The number of nitrogens with zero attached hydrogens (tertiary/aromatic N) is 2. The molecule has 1 amide bonds. The van der Waals surface area contributed by atoms with E-state index in [0.717, 1.165) is 29.7 Å². The van der Waals surface area contributed by atoms with Crippen LogP contribution in [0.3, 0.4) is 0 Å². The van der Waals surface area contributed by atoms with Gasteiger partial charge in [-0.1, -0.05) is 24.3 Å². The highest BCUT2D eigenvalue weighted by atomic mass is 32.1. The molecule has 0 saturated heterocycles. The SMILES string of the molecule is O=C(CCCc1c(-c2ccccn2)[nH]c2ccccc12)Nc1nccs1. The standard InChI is InChI=1S/C20H18N4OS/c25-18(24-20-22-12-13-26-20)10-5-7-15-14-6-1-2-8-16(14)23-19(15)17-9-3-4-11-21-17/h1-4,6,8-9,11-13,23H,5,7,10H2,(H,22,24,25). The van der Waals surface area contributed by atoms with E-state index in [0.29, 0.717) is 11.6 Å². The number of thiazole rings is 1. The van der Waals surface area contributed by atoms with E-state index in [2.05, 4.69) is 32.4 Å². The number of rotatable bonds is 6. The molecule has 130 valence electrons. The van der Waals surface area contributed by atoms with E-state index in [1.807, 2.05) is 35.7 Å². The van der Waals surface area contributed by atoms with Gasteiger partial charge in [0.1, 0.15) is 0 Å². The molecule has 0 spiro atoms. The Balaban J connectivity index is 1.53. The average Bonchev–Trinajstić information content (AvgIpc) is 3.30. The topological polar surface area (TPSA) is 70.7 Å². The third-order valence-electron chi connectivity index (χ3n) is 4.24. The predicted octanol–water partition coefficient (Wildman–Crippen LogP) is 4.65. The van der Waals surface area contributed by atoms with E-state index >= 15 is 0 Å². The number of aromatic amines is 1. The molecule has 0 unspecified atom stereocenters. The second-order valence-electron chi connectivity index (χ2n) is 5.98. The molecule has 0 aliphatic rings. The van der Waals surface area contributed by atoms with E-state index < -0.39 is 0 Å². The largest absolute Gasteiger partial charge is 0.353 e. The van der Waals surface area contributed by atoms with Crippen molar-refractivity contribution in [2.24, 2.45) is 0 Å². The Bertz CT molecular complexity index is 1010. The highest BCUT2D eigenvalue weighted by molar-refractivity contribution is 7.13. The zero-order valence-electron chi connectivity index (χ0n) is 14.1. The molecular formula is C20H18N4OS. The summed E-state index contributed by atoms with van der Waals surface area (Å²) in [6, 6.07) is 14.1. The summed E-state index contributed by atoms with van der Waals surface area (Å²) in [6.45, 7) is 0. The van der Waals surface area contributed by atoms with Crippen molar-refractivity contribution < 1.29 is 4.79 Å². The smallest absolute Gasteiger partial charge is 0.226 e. The number of anilines is 1. The highest BCUT2D eigenvalue weighted by Crippen LogP contribution is 2.30. The van der Waals surface area contributed by atoms with Crippen LogP contribution in [-0.2, 0) is 11.2 Å². The maximum atomic E-state index is 12.1. The molecule has 0 aliphatic carbocycles. The second-order valence-corrected chi connectivity index (χ2v) is 6.87. The fraction of sp³-hybridized carbons (Fsp3) is 0.150. The maximum Gasteiger partial charge on any atom is 0.226 e. The first-order valence-corrected chi connectivity index (χ1v) is 9.39. The molecule has 1 aromatic carbocycles. The number of benzene rings is 1. The van der Waals surface area contributed by atoms with Crippen LogP contribution in [0, 0.1) is 0 Å². The van der Waals surface area contributed by atoms with E-state index in [4.69, 9.17) is 0 Å². The zero-order chi connectivity index (χ0) is 17.8. The molecular weight excluding hydrogens is 344 g/mol. The van der Waals surface area contributed by atoms with Crippen LogP contribution in [0.1, 0.15) is 18.4 Å². The summed E-state index contributed by atoms with van der Waals surface area (Å²) in [6.07, 6.45) is 5.51. The Hall–Kier alpha value is -2.99. The number of hydrogen-bond donors (Lipinski definition) is 2. The van der Waals surface area contributed by atoms with Gasteiger partial charge in [-0.05, 0) is 36.6 Å². The Labute approximate surface area is 155 Å². The van der Waals surface area contributed by atoms with E-state index in [9.17, 15) is 4.79 Å². The molecule has 3 aromatic heterocycles.